The van der Waals surface area contributed by atoms with Crippen molar-refractivity contribution in [1.82, 2.24) is 4.90 Å². The summed E-state index contributed by atoms with van der Waals surface area (Å²) in [4.78, 5) is 14.9. The average Bonchev–Trinajstić information content (AvgIpc) is 2.53. The minimum atomic E-state index is 0.129. The fourth-order valence-electron chi connectivity index (χ4n) is 4.42. The van der Waals surface area contributed by atoms with Crippen LogP contribution in [0.2, 0.25) is 0 Å². The van der Waals surface area contributed by atoms with Crippen LogP contribution in [0.4, 0.5) is 0 Å². The molecule has 2 bridgehead atoms. The second-order valence-corrected chi connectivity index (χ2v) is 7.23. The van der Waals surface area contributed by atoms with E-state index in [4.69, 9.17) is 5.73 Å². The number of fused-ring (bicyclic) bond motifs is 2. The predicted molar refractivity (Wildman–Crippen MR) is 89.2 cm³/mol. The number of nitrogens with two attached hydrogens (primary N) is 1. The van der Waals surface area contributed by atoms with E-state index < -0.39 is 0 Å². The van der Waals surface area contributed by atoms with E-state index in [-0.39, 0.29) is 12.0 Å². The summed E-state index contributed by atoms with van der Waals surface area (Å²) in [5.74, 6) is 1.59. The van der Waals surface area contributed by atoms with Gasteiger partial charge in [-0.05, 0) is 50.0 Å². The Labute approximate surface area is 133 Å². The monoisotopic (exact) mass is 300 g/mol. The molecular weight excluding hydrogens is 272 g/mol. The molecule has 0 saturated heterocycles. The number of rotatable bonds is 3. The van der Waals surface area contributed by atoms with E-state index in [9.17, 15) is 4.79 Å². The zero-order chi connectivity index (χ0) is 15.7. The molecule has 0 heterocycles. The van der Waals surface area contributed by atoms with Crippen molar-refractivity contribution in [1.29, 1.82) is 0 Å². The first-order chi connectivity index (χ1) is 10.6. The molecule has 0 aliphatic heterocycles. The number of hydrogen-bond acceptors (Lipinski definition) is 2. The molecule has 2 N–H and O–H groups in total. The van der Waals surface area contributed by atoms with Crippen LogP contribution in [0.5, 0.6) is 0 Å². The van der Waals surface area contributed by atoms with Gasteiger partial charge in [0.1, 0.15) is 0 Å². The molecule has 3 nitrogen and oxygen atoms in total. The SMILES string of the molecule is CC(c1ccccc1)N(C)C(=O)C1CC2CCCC(C1)C2N. The van der Waals surface area contributed by atoms with Gasteiger partial charge in [-0.3, -0.25) is 4.79 Å². The van der Waals surface area contributed by atoms with Gasteiger partial charge in [0.15, 0.2) is 0 Å². The molecule has 0 aromatic heterocycles. The van der Waals surface area contributed by atoms with Crippen molar-refractivity contribution in [2.45, 2.75) is 51.1 Å². The largest absolute Gasteiger partial charge is 0.339 e. The maximum Gasteiger partial charge on any atom is 0.225 e. The van der Waals surface area contributed by atoms with Crippen molar-refractivity contribution in [2.24, 2.45) is 23.5 Å². The summed E-state index contributed by atoms with van der Waals surface area (Å²) < 4.78 is 0. The Balaban J connectivity index is 1.68. The lowest BCUT2D eigenvalue weighted by Crippen LogP contribution is -2.49. The Bertz CT molecular complexity index is 501. The summed E-state index contributed by atoms with van der Waals surface area (Å²) in [6.07, 6.45) is 5.68. The highest BCUT2D eigenvalue weighted by atomic mass is 16.2. The zero-order valence-corrected chi connectivity index (χ0v) is 13.7. The maximum absolute atomic E-state index is 12.9. The molecule has 2 saturated carbocycles. The summed E-state index contributed by atoms with van der Waals surface area (Å²) in [7, 11) is 1.95. The lowest BCUT2D eigenvalue weighted by Gasteiger charge is -2.44. The third-order valence-corrected chi connectivity index (χ3v) is 5.97. The van der Waals surface area contributed by atoms with E-state index in [1.165, 1.54) is 24.8 Å². The Kier molecular flexibility index (Phi) is 4.53. The summed E-state index contributed by atoms with van der Waals surface area (Å²) in [5, 5.41) is 0. The molecule has 1 aromatic carbocycles. The Morgan fingerprint density at radius 3 is 2.36 bits per heavy atom. The lowest BCUT2D eigenvalue weighted by atomic mass is 9.65. The first kappa shape index (κ1) is 15.5. The van der Waals surface area contributed by atoms with Crippen LogP contribution < -0.4 is 5.73 Å². The van der Waals surface area contributed by atoms with Crippen LogP contribution >= 0.6 is 0 Å². The van der Waals surface area contributed by atoms with Gasteiger partial charge in [0.2, 0.25) is 5.91 Å². The minimum absolute atomic E-state index is 0.129. The van der Waals surface area contributed by atoms with Gasteiger partial charge in [0.25, 0.3) is 0 Å². The molecule has 3 atom stereocenters. The summed E-state index contributed by atoms with van der Waals surface area (Å²) in [6, 6.07) is 10.7. The summed E-state index contributed by atoms with van der Waals surface area (Å²) in [5.41, 5.74) is 7.55. The molecule has 3 rings (SSSR count). The number of hydrogen-bond donors (Lipinski definition) is 1. The van der Waals surface area contributed by atoms with Crippen molar-refractivity contribution in [3.05, 3.63) is 35.9 Å². The van der Waals surface area contributed by atoms with Crippen LogP contribution in [0.15, 0.2) is 30.3 Å². The van der Waals surface area contributed by atoms with Gasteiger partial charge in [0, 0.05) is 19.0 Å². The Morgan fingerprint density at radius 1 is 1.18 bits per heavy atom. The van der Waals surface area contributed by atoms with Gasteiger partial charge in [-0.1, -0.05) is 36.8 Å². The first-order valence-electron chi connectivity index (χ1n) is 8.65. The van der Waals surface area contributed by atoms with Crippen LogP contribution in [0, 0.1) is 17.8 Å². The molecule has 0 radical (unpaired) electrons. The minimum Gasteiger partial charge on any atom is -0.339 e. The second kappa shape index (κ2) is 6.41. The topological polar surface area (TPSA) is 46.3 Å². The summed E-state index contributed by atoms with van der Waals surface area (Å²) in [6.45, 7) is 2.11. The third-order valence-electron chi connectivity index (χ3n) is 5.97. The fourth-order valence-corrected chi connectivity index (χ4v) is 4.42. The molecule has 3 unspecified atom stereocenters. The van der Waals surface area contributed by atoms with Crippen molar-refractivity contribution in [3.8, 4) is 0 Å². The highest BCUT2D eigenvalue weighted by Gasteiger charge is 2.41. The first-order valence-corrected chi connectivity index (χ1v) is 8.65. The third kappa shape index (κ3) is 2.91. The standard InChI is InChI=1S/C19H28N2O/c1-13(14-7-4-3-5-8-14)21(2)19(22)17-11-15-9-6-10-16(12-17)18(15)20/h3-5,7-8,13,15-18H,6,9-12,20H2,1-2H3. The van der Waals surface area contributed by atoms with Crippen LogP contribution in [-0.2, 0) is 4.79 Å². The van der Waals surface area contributed by atoms with E-state index in [0.717, 1.165) is 12.8 Å². The Hall–Kier alpha value is -1.35. The lowest BCUT2D eigenvalue weighted by molar-refractivity contribution is -0.139. The van der Waals surface area contributed by atoms with Gasteiger partial charge in [-0.25, -0.2) is 0 Å². The van der Waals surface area contributed by atoms with Gasteiger partial charge < -0.3 is 10.6 Å². The van der Waals surface area contributed by atoms with Crippen molar-refractivity contribution in [3.63, 3.8) is 0 Å². The number of carbonyl (C=O) groups is 1. The molecule has 22 heavy (non-hydrogen) atoms. The van der Waals surface area contributed by atoms with Crippen molar-refractivity contribution in [2.75, 3.05) is 7.05 Å². The van der Waals surface area contributed by atoms with E-state index in [1.54, 1.807) is 0 Å². The van der Waals surface area contributed by atoms with E-state index in [2.05, 4.69) is 19.1 Å². The molecule has 120 valence electrons. The van der Waals surface area contributed by atoms with E-state index >= 15 is 0 Å². The normalized spacial score (nSPS) is 32.3. The number of carbonyl (C=O) groups excluding carboxylic acids is 1. The molecule has 1 amide bonds. The predicted octanol–water partition coefficient (Wildman–Crippen LogP) is 3.36. The second-order valence-electron chi connectivity index (χ2n) is 7.23. The molecule has 2 fully saturated rings. The quantitative estimate of drug-likeness (QED) is 0.930. The van der Waals surface area contributed by atoms with Gasteiger partial charge in [-0.15, -0.1) is 0 Å². The summed E-state index contributed by atoms with van der Waals surface area (Å²) >= 11 is 0. The van der Waals surface area contributed by atoms with Crippen LogP contribution in [0.1, 0.15) is 50.6 Å². The Morgan fingerprint density at radius 2 is 1.77 bits per heavy atom. The fraction of sp³-hybridized carbons (Fsp3) is 0.632. The molecule has 2 aliphatic rings. The van der Waals surface area contributed by atoms with Gasteiger partial charge >= 0.3 is 0 Å². The number of amides is 1. The average molecular weight is 300 g/mol. The zero-order valence-electron chi connectivity index (χ0n) is 13.7. The van der Waals surface area contributed by atoms with E-state index in [0.29, 0.717) is 23.8 Å². The molecular formula is C19H28N2O. The number of nitrogens with zero attached hydrogens (tertiary/aromatic N) is 1. The molecule has 0 spiro atoms. The number of benzene rings is 1. The molecule has 3 heteroatoms. The van der Waals surface area contributed by atoms with Gasteiger partial charge in [-0.2, -0.15) is 0 Å². The molecule has 2 aliphatic carbocycles. The van der Waals surface area contributed by atoms with Crippen LogP contribution in [-0.4, -0.2) is 23.9 Å². The van der Waals surface area contributed by atoms with Crippen LogP contribution in [0.25, 0.3) is 0 Å². The van der Waals surface area contributed by atoms with Crippen LogP contribution in [0.3, 0.4) is 0 Å². The highest BCUT2D eigenvalue weighted by Crippen LogP contribution is 2.42. The molecule has 1 aromatic rings. The van der Waals surface area contributed by atoms with Crippen molar-refractivity contribution >= 4 is 5.91 Å². The smallest absolute Gasteiger partial charge is 0.225 e. The highest BCUT2D eigenvalue weighted by molar-refractivity contribution is 5.79. The van der Waals surface area contributed by atoms with Crippen molar-refractivity contribution < 1.29 is 4.79 Å². The van der Waals surface area contributed by atoms with E-state index in [1.807, 2.05) is 30.1 Å². The maximum atomic E-state index is 12.9. The van der Waals surface area contributed by atoms with Gasteiger partial charge in [0.05, 0.1) is 6.04 Å².